The van der Waals surface area contributed by atoms with E-state index in [1.54, 1.807) is 18.2 Å². The van der Waals surface area contributed by atoms with Crippen molar-refractivity contribution in [2.24, 2.45) is 5.92 Å². The van der Waals surface area contributed by atoms with Gasteiger partial charge in [-0.25, -0.2) is 0 Å². The highest BCUT2D eigenvalue weighted by Crippen LogP contribution is 2.32. The van der Waals surface area contributed by atoms with Gasteiger partial charge in [0.1, 0.15) is 5.75 Å². The molecule has 4 heteroatoms. The number of hydrogen-bond donors (Lipinski definition) is 2. The van der Waals surface area contributed by atoms with Crippen LogP contribution in [0.5, 0.6) is 5.75 Å². The number of rotatable bonds is 2. The zero-order valence-corrected chi connectivity index (χ0v) is 9.85. The second-order valence-electron chi connectivity index (χ2n) is 4.32. The van der Waals surface area contributed by atoms with Gasteiger partial charge in [-0.05, 0) is 36.6 Å². The Hall–Kier alpha value is -1.55. The van der Waals surface area contributed by atoms with Gasteiger partial charge in [0, 0.05) is 6.54 Å². The van der Waals surface area contributed by atoms with E-state index in [9.17, 15) is 9.90 Å². The number of benzene rings is 1. The third kappa shape index (κ3) is 2.58. The average molecular weight is 235 g/mol. The Kier molecular flexibility index (Phi) is 3.64. The van der Waals surface area contributed by atoms with Crippen molar-refractivity contribution in [2.75, 3.05) is 20.2 Å². The van der Waals surface area contributed by atoms with Crippen LogP contribution in [0.25, 0.3) is 0 Å². The van der Waals surface area contributed by atoms with E-state index in [4.69, 9.17) is 4.74 Å². The number of nitrogens with one attached hydrogen (secondary N) is 1. The molecule has 1 aliphatic heterocycles. The molecule has 0 aromatic heterocycles. The number of hydrogen-bond acceptors (Lipinski definition) is 4. The minimum absolute atomic E-state index is 0.121. The van der Waals surface area contributed by atoms with Gasteiger partial charge in [-0.15, -0.1) is 0 Å². The van der Waals surface area contributed by atoms with E-state index < -0.39 is 0 Å². The molecule has 0 amide bonds. The van der Waals surface area contributed by atoms with Crippen molar-refractivity contribution in [3.05, 3.63) is 29.8 Å². The van der Waals surface area contributed by atoms with Gasteiger partial charge in [0.25, 0.3) is 0 Å². The molecule has 92 valence electrons. The number of piperidine rings is 1. The summed E-state index contributed by atoms with van der Waals surface area (Å²) in [4.78, 5) is 11.7. The molecular formula is C13H17NO3. The second kappa shape index (κ2) is 5.19. The fourth-order valence-corrected chi connectivity index (χ4v) is 2.41. The lowest BCUT2D eigenvalue weighted by atomic mass is 9.81. The van der Waals surface area contributed by atoms with Crippen LogP contribution in [0, 0.1) is 5.92 Å². The third-order valence-electron chi connectivity index (χ3n) is 3.28. The van der Waals surface area contributed by atoms with Crippen molar-refractivity contribution in [1.82, 2.24) is 5.32 Å². The average Bonchev–Trinajstić information content (AvgIpc) is 2.38. The second-order valence-corrected chi connectivity index (χ2v) is 4.32. The molecular weight excluding hydrogens is 218 g/mol. The lowest BCUT2D eigenvalue weighted by Gasteiger charge is -2.30. The number of methoxy groups -OCH3 is 1. The molecule has 17 heavy (non-hydrogen) atoms. The molecule has 0 radical (unpaired) electrons. The lowest BCUT2D eigenvalue weighted by molar-refractivity contribution is -0.146. The SMILES string of the molecule is COC(=O)C1CNCCC1c1cccc(O)c1. The molecule has 0 saturated carbocycles. The van der Waals surface area contributed by atoms with Crippen molar-refractivity contribution >= 4 is 5.97 Å². The van der Waals surface area contributed by atoms with Crippen LogP contribution in [0.3, 0.4) is 0 Å². The molecule has 0 spiro atoms. The molecule has 2 atom stereocenters. The Morgan fingerprint density at radius 1 is 1.53 bits per heavy atom. The van der Waals surface area contributed by atoms with Gasteiger partial charge in [-0.1, -0.05) is 12.1 Å². The highest BCUT2D eigenvalue weighted by Gasteiger charge is 2.32. The van der Waals surface area contributed by atoms with E-state index in [-0.39, 0.29) is 23.6 Å². The topological polar surface area (TPSA) is 58.6 Å². The van der Waals surface area contributed by atoms with Gasteiger partial charge >= 0.3 is 5.97 Å². The maximum atomic E-state index is 11.7. The van der Waals surface area contributed by atoms with Gasteiger partial charge in [0.2, 0.25) is 0 Å². The number of ether oxygens (including phenoxy) is 1. The van der Waals surface area contributed by atoms with Crippen LogP contribution in [0.2, 0.25) is 0 Å². The van der Waals surface area contributed by atoms with Crippen LogP contribution in [0.4, 0.5) is 0 Å². The van der Waals surface area contributed by atoms with E-state index >= 15 is 0 Å². The molecule has 2 rings (SSSR count). The summed E-state index contributed by atoms with van der Waals surface area (Å²) in [5.74, 6) is 0.00143. The first-order chi connectivity index (χ1) is 8.22. The molecule has 1 aromatic rings. The first-order valence-electron chi connectivity index (χ1n) is 5.80. The molecule has 1 heterocycles. The monoisotopic (exact) mass is 235 g/mol. The van der Waals surface area contributed by atoms with E-state index in [2.05, 4.69) is 5.32 Å². The van der Waals surface area contributed by atoms with Crippen molar-refractivity contribution in [3.63, 3.8) is 0 Å². The highest BCUT2D eigenvalue weighted by molar-refractivity contribution is 5.74. The fourth-order valence-electron chi connectivity index (χ4n) is 2.41. The summed E-state index contributed by atoms with van der Waals surface area (Å²) in [6.45, 7) is 1.51. The van der Waals surface area contributed by atoms with Gasteiger partial charge in [-0.3, -0.25) is 4.79 Å². The molecule has 0 aliphatic carbocycles. The number of phenols is 1. The summed E-state index contributed by atoms with van der Waals surface area (Å²) in [6, 6.07) is 7.12. The van der Waals surface area contributed by atoms with Gasteiger partial charge in [-0.2, -0.15) is 0 Å². The third-order valence-corrected chi connectivity index (χ3v) is 3.28. The van der Waals surface area contributed by atoms with Gasteiger partial charge < -0.3 is 15.2 Å². The maximum absolute atomic E-state index is 11.7. The van der Waals surface area contributed by atoms with Crippen LogP contribution in [0.1, 0.15) is 17.9 Å². The van der Waals surface area contributed by atoms with E-state index in [1.807, 2.05) is 6.07 Å². The predicted molar refractivity (Wildman–Crippen MR) is 63.8 cm³/mol. The van der Waals surface area contributed by atoms with Crippen molar-refractivity contribution in [2.45, 2.75) is 12.3 Å². The summed E-state index contributed by atoms with van der Waals surface area (Å²) in [6.07, 6.45) is 0.878. The zero-order chi connectivity index (χ0) is 12.3. The number of esters is 1. The zero-order valence-electron chi connectivity index (χ0n) is 9.85. The van der Waals surface area contributed by atoms with Crippen LogP contribution < -0.4 is 5.32 Å². The molecule has 0 bridgehead atoms. The summed E-state index contributed by atoms with van der Waals surface area (Å²) in [5, 5.41) is 12.7. The number of carbonyl (C=O) groups excluding carboxylic acids is 1. The van der Waals surface area contributed by atoms with Crippen molar-refractivity contribution in [3.8, 4) is 5.75 Å². The van der Waals surface area contributed by atoms with Crippen molar-refractivity contribution < 1.29 is 14.6 Å². The number of aromatic hydroxyl groups is 1. The molecule has 1 fully saturated rings. The number of carbonyl (C=O) groups is 1. The minimum atomic E-state index is -0.189. The molecule has 1 saturated heterocycles. The smallest absolute Gasteiger partial charge is 0.310 e. The normalized spacial score (nSPS) is 24.3. The standard InChI is InChI=1S/C13H17NO3/c1-17-13(16)12-8-14-6-5-11(12)9-3-2-4-10(15)7-9/h2-4,7,11-12,14-15H,5-6,8H2,1H3. The molecule has 4 nitrogen and oxygen atoms in total. The molecule has 2 unspecified atom stereocenters. The van der Waals surface area contributed by atoms with Gasteiger partial charge in [0.05, 0.1) is 13.0 Å². The van der Waals surface area contributed by atoms with Crippen LogP contribution >= 0.6 is 0 Å². The Bertz CT molecular complexity index is 405. The highest BCUT2D eigenvalue weighted by atomic mass is 16.5. The quantitative estimate of drug-likeness (QED) is 0.758. The van der Waals surface area contributed by atoms with Crippen LogP contribution in [-0.4, -0.2) is 31.3 Å². The fraction of sp³-hybridized carbons (Fsp3) is 0.462. The molecule has 1 aliphatic rings. The molecule has 2 N–H and O–H groups in total. The molecule has 1 aromatic carbocycles. The Morgan fingerprint density at radius 3 is 3.06 bits per heavy atom. The van der Waals surface area contributed by atoms with Crippen molar-refractivity contribution in [1.29, 1.82) is 0 Å². The maximum Gasteiger partial charge on any atom is 0.310 e. The summed E-state index contributed by atoms with van der Waals surface area (Å²) < 4.78 is 4.83. The summed E-state index contributed by atoms with van der Waals surface area (Å²) in [7, 11) is 1.41. The van der Waals surface area contributed by atoms with Crippen LogP contribution in [-0.2, 0) is 9.53 Å². The largest absolute Gasteiger partial charge is 0.508 e. The number of phenolic OH excluding ortho intramolecular Hbond substituents is 1. The Morgan fingerprint density at radius 2 is 2.35 bits per heavy atom. The van der Waals surface area contributed by atoms with Gasteiger partial charge in [0.15, 0.2) is 0 Å². The van der Waals surface area contributed by atoms with Crippen LogP contribution in [0.15, 0.2) is 24.3 Å². The van der Waals surface area contributed by atoms with E-state index in [1.165, 1.54) is 7.11 Å². The van der Waals surface area contributed by atoms with E-state index in [0.29, 0.717) is 6.54 Å². The summed E-state index contributed by atoms with van der Waals surface area (Å²) >= 11 is 0. The lowest BCUT2D eigenvalue weighted by Crippen LogP contribution is -2.40. The Labute approximate surface area is 101 Å². The summed E-state index contributed by atoms with van der Waals surface area (Å²) in [5.41, 5.74) is 1.00. The predicted octanol–water partition coefficient (Wildman–Crippen LogP) is 1.26. The first-order valence-corrected chi connectivity index (χ1v) is 5.80. The first kappa shape index (κ1) is 11.9. The van der Waals surface area contributed by atoms with E-state index in [0.717, 1.165) is 18.5 Å². The Balaban J connectivity index is 2.24. The minimum Gasteiger partial charge on any atom is -0.508 e.